The summed E-state index contributed by atoms with van der Waals surface area (Å²) in [6.45, 7) is 6.72. The molecule has 73 heavy (non-hydrogen) atoms. The second kappa shape index (κ2) is 17.5. The molecule has 0 N–H and O–H groups in total. The van der Waals surface area contributed by atoms with E-state index in [9.17, 15) is 0 Å². The Balaban J connectivity index is 1.04. The minimum atomic E-state index is -0.739. The number of hydrogen-bond acceptors (Lipinski definition) is 8. The van der Waals surface area contributed by atoms with Gasteiger partial charge in [0, 0.05) is 44.4 Å². The lowest BCUT2D eigenvalue weighted by Gasteiger charge is -2.40. The van der Waals surface area contributed by atoms with Crippen molar-refractivity contribution in [2.75, 3.05) is 4.90 Å². The highest BCUT2D eigenvalue weighted by Crippen LogP contribution is 2.52. The van der Waals surface area contributed by atoms with Crippen LogP contribution in [-0.2, 0) is 11.0 Å². The zero-order valence-electron chi connectivity index (χ0n) is 40.5. The van der Waals surface area contributed by atoms with Crippen LogP contribution in [0.1, 0.15) is 43.0 Å². The molecule has 0 aliphatic carbocycles. The van der Waals surface area contributed by atoms with Gasteiger partial charge in [-0.05, 0) is 64.6 Å². The van der Waals surface area contributed by atoms with Crippen LogP contribution in [0.15, 0.2) is 231 Å². The van der Waals surface area contributed by atoms with Crippen molar-refractivity contribution in [1.29, 1.82) is 0 Å². The number of rotatable bonds is 8. The summed E-state index contributed by atoms with van der Waals surface area (Å²) in [5, 5.41) is 0. The van der Waals surface area contributed by atoms with Gasteiger partial charge in [0.15, 0.2) is 34.7 Å². The van der Waals surface area contributed by atoms with Crippen molar-refractivity contribution in [3.63, 3.8) is 0 Å². The molecule has 348 valence electrons. The van der Waals surface area contributed by atoms with Crippen molar-refractivity contribution in [1.82, 2.24) is 29.9 Å². The molecule has 2 aromatic heterocycles. The van der Waals surface area contributed by atoms with Gasteiger partial charge in [0.1, 0.15) is 5.75 Å². The van der Waals surface area contributed by atoms with Gasteiger partial charge in [0.25, 0.3) is 0 Å². The van der Waals surface area contributed by atoms with E-state index in [2.05, 4.69) is 159 Å². The molecule has 9 aromatic carbocycles. The van der Waals surface area contributed by atoms with Crippen LogP contribution in [0.2, 0.25) is 0 Å². The Morgan fingerprint density at radius 1 is 0.329 bits per heavy atom. The Labute approximate surface area is 424 Å². The number of aromatic nitrogens is 6. The van der Waals surface area contributed by atoms with Crippen molar-refractivity contribution < 1.29 is 4.74 Å². The summed E-state index contributed by atoms with van der Waals surface area (Å²) >= 11 is 0. The highest BCUT2D eigenvalue weighted by Gasteiger charge is 2.40. The molecule has 11 aromatic rings. The van der Waals surface area contributed by atoms with E-state index in [1.54, 1.807) is 0 Å². The molecule has 8 heteroatoms. The van der Waals surface area contributed by atoms with Gasteiger partial charge in [0.2, 0.25) is 5.95 Å². The number of ether oxygens (including phenoxy) is 1. The fourth-order valence-corrected chi connectivity index (χ4v) is 10.6. The standard InChI is InChI=1S/C65H47N7O/c1-64(2)53-32-18-20-34-55(53)72(56-35-21-19-33-54(56)64)63-70-60(44-26-12-6-13-27-44)67-61(71-63)46-37-38-48(51(40-46)62-68-58(42-22-8-4-9-23-42)66-59(69-62)43-24-10-5-11-25-43)45-36-39-50-49-30-16-17-31-52(49)65(3,73-57(50)41-45)47-28-14-7-15-29-47/h4-41H,1-3H3. The summed E-state index contributed by atoms with van der Waals surface area (Å²) in [4.78, 5) is 33.9. The summed E-state index contributed by atoms with van der Waals surface area (Å²) in [5.41, 5.74) is 13.8. The minimum Gasteiger partial charge on any atom is -0.477 e. The normalized spacial score (nSPS) is 15.0. The van der Waals surface area contributed by atoms with Gasteiger partial charge in [-0.1, -0.05) is 220 Å². The van der Waals surface area contributed by atoms with Crippen LogP contribution < -0.4 is 9.64 Å². The van der Waals surface area contributed by atoms with Crippen molar-refractivity contribution in [3.8, 4) is 84.9 Å². The smallest absolute Gasteiger partial charge is 0.238 e. The quantitative estimate of drug-likeness (QED) is 0.149. The van der Waals surface area contributed by atoms with Gasteiger partial charge in [-0.2, -0.15) is 9.97 Å². The Kier molecular flexibility index (Phi) is 10.4. The second-order valence-corrected chi connectivity index (χ2v) is 19.2. The van der Waals surface area contributed by atoms with Gasteiger partial charge in [-0.25, -0.2) is 19.9 Å². The molecule has 1 unspecified atom stereocenters. The van der Waals surface area contributed by atoms with Crippen LogP contribution in [0.3, 0.4) is 0 Å². The van der Waals surface area contributed by atoms with Crippen molar-refractivity contribution in [2.45, 2.75) is 31.8 Å². The first-order chi connectivity index (χ1) is 35.8. The largest absolute Gasteiger partial charge is 0.477 e. The molecule has 0 bridgehead atoms. The molecule has 2 aliphatic heterocycles. The molecular weight excluding hydrogens is 895 g/mol. The van der Waals surface area contributed by atoms with Gasteiger partial charge >= 0.3 is 0 Å². The highest BCUT2D eigenvalue weighted by atomic mass is 16.5. The maximum absolute atomic E-state index is 7.20. The van der Waals surface area contributed by atoms with Crippen LogP contribution in [0.4, 0.5) is 17.3 Å². The van der Waals surface area contributed by atoms with E-state index >= 15 is 0 Å². The zero-order chi connectivity index (χ0) is 49.1. The summed E-state index contributed by atoms with van der Waals surface area (Å²) < 4.78 is 7.20. The van der Waals surface area contributed by atoms with E-state index < -0.39 is 5.60 Å². The van der Waals surface area contributed by atoms with E-state index in [1.807, 2.05) is 97.1 Å². The van der Waals surface area contributed by atoms with Crippen LogP contribution in [0.25, 0.3) is 79.2 Å². The monoisotopic (exact) mass is 941 g/mol. The first-order valence-corrected chi connectivity index (χ1v) is 24.6. The molecule has 13 rings (SSSR count). The van der Waals surface area contributed by atoms with Crippen molar-refractivity contribution in [2.24, 2.45) is 0 Å². The van der Waals surface area contributed by atoms with Gasteiger partial charge < -0.3 is 4.74 Å². The highest BCUT2D eigenvalue weighted by molar-refractivity contribution is 5.89. The third kappa shape index (κ3) is 7.54. The molecule has 4 heterocycles. The lowest BCUT2D eigenvalue weighted by Crippen LogP contribution is -2.34. The topological polar surface area (TPSA) is 89.8 Å². The van der Waals surface area contributed by atoms with Gasteiger partial charge in [0.05, 0.1) is 11.4 Å². The maximum Gasteiger partial charge on any atom is 0.238 e. The van der Waals surface area contributed by atoms with Crippen LogP contribution in [-0.4, -0.2) is 29.9 Å². The van der Waals surface area contributed by atoms with Crippen LogP contribution >= 0.6 is 0 Å². The molecule has 0 spiro atoms. The number of benzene rings is 9. The third-order valence-corrected chi connectivity index (χ3v) is 14.4. The molecular formula is C65H47N7O. The maximum atomic E-state index is 7.20. The SMILES string of the molecule is CC1(C)c2ccccc2N(c2nc(-c3ccccc3)nc(-c3ccc(-c4ccc5c(c4)OC(C)(c4ccccc4)c4ccccc4-5)c(-c4nc(-c5ccccc5)nc(-c5ccccc5)n4)c3)n2)c2ccccc21. The first-order valence-electron chi connectivity index (χ1n) is 24.6. The number of anilines is 3. The van der Waals surface area contributed by atoms with Crippen LogP contribution in [0, 0.1) is 0 Å². The number of fused-ring (bicyclic) bond motifs is 5. The molecule has 1 atom stereocenters. The number of hydrogen-bond donors (Lipinski definition) is 0. The predicted molar refractivity (Wildman–Crippen MR) is 292 cm³/mol. The summed E-state index contributed by atoms with van der Waals surface area (Å²) in [6.07, 6.45) is 0. The lowest BCUT2D eigenvalue weighted by molar-refractivity contribution is 0.129. The van der Waals surface area contributed by atoms with E-state index in [0.29, 0.717) is 35.1 Å². The van der Waals surface area contributed by atoms with Crippen molar-refractivity contribution in [3.05, 3.63) is 253 Å². The minimum absolute atomic E-state index is 0.264. The van der Waals surface area contributed by atoms with E-state index in [4.69, 9.17) is 34.6 Å². The molecule has 8 nitrogen and oxygen atoms in total. The van der Waals surface area contributed by atoms with Gasteiger partial charge in [-0.15, -0.1) is 0 Å². The van der Waals surface area contributed by atoms with Crippen molar-refractivity contribution >= 4 is 17.3 Å². The average molecular weight is 942 g/mol. The number of nitrogens with zero attached hydrogens (tertiary/aromatic N) is 7. The van der Waals surface area contributed by atoms with E-state index in [-0.39, 0.29) is 5.41 Å². The zero-order valence-corrected chi connectivity index (χ0v) is 40.5. The summed E-state index contributed by atoms with van der Waals surface area (Å²) in [6, 6.07) is 79.2. The van der Waals surface area contributed by atoms with Crippen LogP contribution in [0.5, 0.6) is 5.75 Å². The second-order valence-electron chi connectivity index (χ2n) is 19.2. The fourth-order valence-electron chi connectivity index (χ4n) is 10.6. The third-order valence-electron chi connectivity index (χ3n) is 14.4. The van der Waals surface area contributed by atoms with E-state index in [0.717, 1.165) is 78.3 Å². The Hall–Kier alpha value is -9.40. The Morgan fingerprint density at radius 2 is 0.767 bits per heavy atom. The number of para-hydroxylation sites is 2. The van der Waals surface area contributed by atoms with Gasteiger partial charge in [-0.3, -0.25) is 4.90 Å². The molecule has 0 saturated heterocycles. The fraction of sp³-hybridized carbons (Fsp3) is 0.0769. The Bertz CT molecular complexity index is 3780. The molecule has 0 fully saturated rings. The average Bonchev–Trinajstić information content (AvgIpc) is 3.46. The molecule has 0 amide bonds. The summed E-state index contributed by atoms with van der Waals surface area (Å²) in [5.74, 6) is 3.97. The van der Waals surface area contributed by atoms with E-state index in [1.165, 1.54) is 11.1 Å². The first kappa shape index (κ1) is 43.6. The predicted octanol–water partition coefficient (Wildman–Crippen LogP) is 15.5. The molecule has 2 aliphatic rings. The molecule has 0 saturated carbocycles. The summed E-state index contributed by atoms with van der Waals surface area (Å²) in [7, 11) is 0. The molecule has 0 radical (unpaired) electrons. The lowest BCUT2D eigenvalue weighted by atomic mass is 9.74. The Morgan fingerprint density at radius 3 is 1.34 bits per heavy atom.